The molecule has 0 rings (SSSR count). The van der Waals surface area contributed by atoms with Crippen LogP contribution in [0.25, 0.3) is 0 Å². The molecule has 0 aromatic rings. The van der Waals surface area contributed by atoms with Crippen molar-refractivity contribution in [1.82, 2.24) is 0 Å². The minimum absolute atomic E-state index is 0.512. The van der Waals surface area contributed by atoms with Crippen molar-refractivity contribution in [2.75, 3.05) is 13.2 Å². The van der Waals surface area contributed by atoms with Crippen molar-refractivity contribution in [3.63, 3.8) is 0 Å². The van der Waals surface area contributed by atoms with Crippen LogP contribution in [0.2, 0.25) is 0 Å². The number of rotatable bonds is 4. The zero-order chi connectivity index (χ0) is 7.11. The van der Waals surface area contributed by atoms with Crippen molar-refractivity contribution >= 4 is 7.12 Å². The molecular weight excluding hydrogens is 117 g/mol. The molecule has 0 saturated carbocycles. The van der Waals surface area contributed by atoms with E-state index in [9.17, 15) is 0 Å². The average molecular weight is 127 g/mol. The van der Waals surface area contributed by atoms with Gasteiger partial charge in [-0.15, -0.1) is 0 Å². The highest BCUT2D eigenvalue weighted by Crippen LogP contribution is 1.85. The maximum Gasteiger partial charge on any atom is 0.578 e. The standard InChI is InChI=1S/C5H10BNO2/c1-3-8-6(5-7)9-4-2/h3-4H2,1-2H3. The summed E-state index contributed by atoms with van der Waals surface area (Å²) in [5, 5.41) is 8.29. The van der Waals surface area contributed by atoms with Gasteiger partial charge in [0.05, 0.1) is 5.97 Å². The molecule has 0 amide bonds. The fourth-order valence-electron chi connectivity index (χ4n) is 0.425. The summed E-state index contributed by atoms with van der Waals surface area (Å²) in [6, 6.07) is 0. The van der Waals surface area contributed by atoms with E-state index >= 15 is 0 Å². The summed E-state index contributed by atoms with van der Waals surface area (Å²) in [5.41, 5.74) is 0. The molecule has 0 bridgehead atoms. The summed E-state index contributed by atoms with van der Waals surface area (Å²) >= 11 is 0. The van der Waals surface area contributed by atoms with Crippen LogP contribution in [0.1, 0.15) is 13.8 Å². The largest absolute Gasteiger partial charge is 0.578 e. The summed E-state index contributed by atoms with van der Waals surface area (Å²) in [6.45, 7) is 4.67. The number of nitriles is 1. The first-order valence-corrected chi connectivity index (χ1v) is 2.98. The van der Waals surface area contributed by atoms with Crippen LogP contribution in [0.15, 0.2) is 0 Å². The summed E-state index contributed by atoms with van der Waals surface area (Å²) in [7, 11) is -0.681. The van der Waals surface area contributed by atoms with E-state index in [1.807, 2.05) is 19.8 Å². The monoisotopic (exact) mass is 127 g/mol. The summed E-state index contributed by atoms with van der Waals surface area (Å²) in [5.74, 6) is 1.86. The van der Waals surface area contributed by atoms with E-state index in [1.165, 1.54) is 0 Å². The second-order valence-corrected chi connectivity index (χ2v) is 1.37. The van der Waals surface area contributed by atoms with Crippen LogP contribution in [0.5, 0.6) is 0 Å². The van der Waals surface area contributed by atoms with Crippen molar-refractivity contribution < 1.29 is 9.31 Å². The maximum absolute atomic E-state index is 8.29. The van der Waals surface area contributed by atoms with Crippen LogP contribution >= 0.6 is 0 Å². The lowest BCUT2D eigenvalue weighted by Crippen LogP contribution is -2.20. The fourth-order valence-corrected chi connectivity index (χ4v) is 0.425. The van der Waals surface area contributed by atoms with E-state index in [1.54, 1.807) is 0 Å². The van der Waals surface area contributed by atoms with Crippen molar-refractivity contribution in [3.05, 3.63) is 0 Å². The third-order valence-corrected chi connectivity index (χ3v) is 0.741. The molecule has 0 aromatic carbocycles. The molecule has 0 aliphatic carbocycles. The van der Waals surface area contributed by atoms with Crippen molar-refractivity contribution in [2.24, 2.45) is 0 Å². The lowest BCUT2D eigenvalue weighted by molar-refractivity contribution is 0.226. The first-order valence-electron chi connectivity index (χ1n) is 2.98. The third kappa shape index (κ3) is 4.01. The van der Waals surface area contributed by atoms with Gasteiger partial charge in [0, 0.05) is 13.2 Å². The molecule has 0 aliphatic rings. The fraction of sp³-hybridized carbons (Fsp3) is 0.800. The second kappa shape index (κ2) is 5.61. The molecule has 0 aromatic heterocycles. The number of nitrogens with zero attached hydrogens (tertiary/aromatic N) is 1. The topological polar surface area (TPSA) is 42.2 Å². The van der Waals surface area contributed by atoms with Crippen LogP contribution in [-0.2, 0) is 9.31 Å². The predicted octanol–water partition coefficient (Wildman–Crippen LogP) is 0.610. The minimum atomic E-state index is -0.681. The van der Waals surface area contributed by atoms with Gasteiger partial charge >= 0.3 is 7.12 Å². The van der Waals surface area contributed by atoms with Gasteiger partial charge in [-0.3, -0.25) is 0 Å². The summed E-state index contributed by atoms with van der Waals surface area (Å²) in [4.78, 5) is 0. The summed E-state index contributed by atoms with van der Waals surface area (Å²) in [6.07, 6.45) is 0. The molecule has 0 heterocycles. The molecule has 0 aliphatic heterocycles. The SMILES string of the molecule is CCOB(C#N)OCC. The average Bonchev–Trinajstić information content (AvgIpc) is 1.88. The molecule has 0 unspecified atom stereocenters. The van der Waals surface area contributed by atoms with Crippen LogP contribution in [0.4, 0.5) is 0 Å². The van der Waals surface area contributed by atoms with Gasteiger partial charge in [-0.2, -0.15) is 0 Å². The molecule has 0 spiro atoms. The summed E-state index contributed by atoms with van der Waals surface area (Å²) < 4.78 is 9.70. The van der Waals surface area contributed by atoms with Crippen LogP contribution in [-0.4, -0.2) is 20.3 Å². The Morgan fingerprint density at radius 2 is 1.78 bits per heavy atom. The van der Waals surface area contributed by atoms with Gasteiger partial charge in [0.25, 0.3) is 0 Å². The van der Waals surface area contributed by atoms with E-state index < -0.39 is 7.12 Å². The zero-order valence-corrected chi connectivity index (χ0v) is 5.76. The molecule has 3 nitrogen and oxygen atoms in total. The molecule has 0 saturated heterocycles. The highest BCUT2D eigenvalue weighted by Gasteiger charge is 2.14. The van der Waals surface area contributed by atoms with Gasteiger partial charge in [0.15, 0.2) is 0 Å². The Bertz CT molecular complexity index is 95.6. The number of hydrogen-bond donors (Lipinski definition) is 0. The highest BCUT2D eigenvalue weighted by molar-refractivity contribution is 6.53. The Morgan fingerprint density at radius 1 is 1.33 bits per heavy atom. The van der Waals surface area contributed by atoms with Crippen molar-refractivity contribution in [1.29, 1.82) is 5.26 Å². The second-order valence-electron chi connectivity index (χ2n) is 1.37. The Morgan fingerprint density at radius 3 is 2.00 bits per heavy atom. The Hall–Kier alpha value is -0.525. The van der Waals surface area contributed by atoms with Gasteiger partial charge in [0.1, 0.15) is 0 Å². The predicted molar refractivity (Wildman–Crippen MR) is 34.6 cm³/mol. The van der Waals surface area contributed by atoms with Crippen molar-refractivity contribution in [2.45, 2.75) is 13.8 Å². The van der Waals surface area contributed by atoms with E-state index in [0.29, 0.717) is 13.2 Å². The van der Waals surface area contributed by atoms with E-state index in [4.69, 9.17) is 14.6 Å². The van der Waals surface area contributed by atoms with Crippen molar-refractivity contribution in [3.8, 4) is 5.97 Å². The molecule has 0 atom stereocenters. The Labute approximate surface area is 55.7 Å². The number of hydrogen-bond acceptors (Lipinski definition) is 3. The maximum atomic E-state index is 8.29. The minimum Gasteiger partial charge on any atom is -0.399 e. The quantitative estimate of drug-likeness (QED) is 0.519. The highest BCUT2D eigenvalue weighted by atomic mass is 16.6. The van der Waals surface area contributed by atoms with E-state index in [2.05, 4.69) is 0 Å². The first-order chi connectivity index (χ1) is 4.35. The molecule has 9 heavy (non-hydrogen) atoms. The van der Waals surface area contributed by atoms with Gasteiger partial charge in [-0.25, -0.2) is 5.26 Å². The third-order valence-electron chi connectivity index (χ3n) is 0.741. The molecule has 50 valence electrons. The van der Waals surface area contributed by atoms with Crippen LogP contribution in [0.3, 0.4) is 0 Å². The molecule has 0 radical (unpaired) electrons. The lowest BCUT2D eigenvalue weighted by atomic mass is 9.94. The molecule has 0 fully saturated rings. The zero-order valence-electron chi connectivity index (χ0n) is 5.76. The smallest absolute Gasteiger partial charge is 0.399 e. The molecular formula is C5H10BNO2. The molecule has 0 N–H and O–H groups in total. The van der Waals surface area contributed by atoms with Crippen LogP contribution < -0.4 is 0 Å². The van der Waals surface area contributed by atoms with Gasteiger partial charge in [0.2, 0.25) is 0 Å². The van der Waals surface area contributed by atoms with E-state index in [-0.39, 0.29) is 0 Å². The van der Waals surface area contributed by atoms with E-state index in [0.717, 1.165) is 0 Å². The lowest BCUT2D eigenvalue weighted by Gasteiger charge is -2.01. The van der Waals surface area contributed by atoms with Gasteiger partial charge in [-0.1, -0.05) is 0 Å². The molecule has 4 heteroatoms. The first kappa shape index (κ1) is 8.47. The van der Waals surface area contributed by atoms with Gasteiger partial charge < -0.3 is 9.31 Å². The normalized spacial score (nSPS) is 8.56. The van der Waals surface area contributed by atoms with Crippen LogP contribution in [0, 0.1) is 11.2 Å². The Balaban J connectivity index is 3.32. The Kier molecular flexibility index (Phi) is 5.28. The van der Waals surface area contributed by atoms with Gasteiger partial charge in [-0.05, 0) is 13.8 Å².